The number of benzene rings is 1. The Labute approximate surface area is 133 Å². The molecule has 6 heteroatoms. The van der Waals surface area contributed by atoms with Crippen LogP contribution in [0.1, 0.15) is 27.7 Å². The third-order valence-electron chi connectivity index (χ3n) is 2.58. The summed E-state index contributed by atoms with van der Waals surface area (Å²) in [5.41, 5.74) is -0.585. The molecule has 0 aliphatic heterocycles. The molecule has 0 radical (unpaired) electrons. The van der Waals surface area contributed by atoms with Crippen LogP contribution in [0.25, 0.3) is 0 Å². The van der Waals surface area contributed by atoms with E-state index in [-0.39, 0.29) is 6.61 Å². The number of aliphatic hydroxyl groups excluding tert-OH is 1. The second kappa shape index (κ2) is 7.66. The van der Waals surface area contributed by atoms with Gasteiger partial charge in [0.15, 0.2) is 0 Å². The minimum atomic E-state index is -0.585. The van der Waals surface area contributed by atoms with E-state index >= 15 is 0 Å². The standard InChI is InChI=1S/C15H22BrNO4/c1-10(20-12-7-5-6-11(16)8-12)13(9-18)17-14(19)21-15(2,3)4/h5-8,10,13,18H,9H2,1-4H3,(H,17,19)/t10-,13+/m1/s1. The highest BCUT2D eigenvalue weighted by Crippen LogP contribution is 2.19. The first-order valence-corrected chi connectivity index (χ1v) is 7.53. The number of aliphatic hydroxyl groups is 1. The summed E-state index contributed by atoms with van der Waals surface area (Å²) >= 11 is 3.36. The van der Waals surface area contributed by atoms with E-state index in [2.05, 4.69) is 21.2 Å². The number of carbonyl (C=O) groups is 1. The predicted octanol–water partition coefficient (Wildman–Crippen LogP) is 3.10. The zero-order chi connectivity index (χ0) is 16.0. The molecular formula is C15H22BrNO4. The number of hydrogen-bond donors (Lipinski definition) is 2. The lowest BCUT2D eigenvalue weighted by atomic mass is 10.2. The third kappa shape index (κ3) is 6.82. The highest BCUT2D eigenvalue weighted by molar-refractivity contribution is 9.10. The summed E-state index contributed by atoms with van der Waals surface area (Å²) < 4.78 is 11.8. The van der Waals surface area contributed by atoms with Crippen LogP contribution in [0.3, 0.4) is 0 Å². The van der Waals surface area contributed by atoms with E-state index in [1.54, 1.807) is 27.7 Å². The van der Waals surface area contributed by atoms with E-state index in [0.717, 1.165) is 4.47 Å². The van der Waals surface area contributed by atoms with Crippen molar-refractivity contribution in [3.05, 3.63) is 28.7 Å². The molecule has 0 spiro atoms. The maximum absolute atomic E-state index is 11.7. The van der Waals surface area contributed by atoms with Crippen molar-refractivity contribution in [1.82, 2.24) is 5.32 Å². The van der Waals surface area contributed by atoms with Crippen LogP contribution in [0.15, 0.2) is 28.7 Å². The molecule has 21 heavy (non-hydrogen) atoms. The zero-order valence-electron chi connectivity index (χ0n) is 12.7. The number of ether oxygens (including phenoxy) is 2. The number of halogens is 1. The van der Waals surface area contributed by atoms with Crippen LogP contribution < -0.4 is 10.1 Å². The summed E-state index contributed by atoms with van der Waals surface area (Å²) in [5, 5.41) is 12.0. The highest BCUT2D eigenvalue weighted by atomic mass is 79.9. The van der Waals surface area contributed by atoms with Gasteiger partial charge in [0.25, 0.3) is 0 Å². The van der Waals surface area contributed by atoms with Crippen molar-refractivity contribution in [2.45, 2.75) is 45.4 Å². The van der Waals surface area contributed by atoms with Crippen molar-refractivity contribution in [3.63, 3.8) is 0 Å². The minimum absolute atomic E-state index is 0.242. The topological polar surface area (TPSA) is 67.8 Å². The first-order chi connectivity index (χ1) is 9.71. The van der Waals surface area contributed by atoms with Gasteiger partial charge in [0.05, 0.1) is 12.6 Å². The molecule has 0 saturated heterocycles. The van der Waals surface area contributed by atoms with Gasteiger partial charge in [-0.2, -0.15) is 0 Å². The normalized spacial score (nSPS) is 14.2. The number of alkyl carbamates (subject to hydrolysis) is 1. The molecule has 0 aliphatic carbocycles. The third-order valence-corrected chi connectivity index (χ3v) is 3.08. The molecule has 0 saturated carbocycles. The number of rotatable bonds is 5. The van der Waals surface area contributed by atoms with Gasteiger partial charge in [-0.3, -0.25) is 0 Å². The van der Waals surface area contributed by atoms with Gasteiger partial charge >= 0.3 is 6.09 Å². The fourth-order valence-corrected chi connectivity index (χ4v) is 1.99. The van der Waals surface area contributed by atoms with Crippen LogP contribution in [0.2, 0.25) is 0 Å². The molecule has 1 rings (SSSR count). The molecule has 1 aromatic carbocycles. The van der Waals surface area contributed by atoms with Gasteiger partial charge in [-0.25, -0.2) is 4.79 Å². The van der Waals surface area contributed by atoms with Gasteiger partial charge in [-0.15, -0.1) is 0 Å². The number of amides is 1. The SMILES string of the molecule is C[C@@H](Oc1cccc(Br)c1)[C@H](CO)NC(=O)OC(C)(C)C. The lowest BCUT2D eigenvalue weighted by Crippen LogP contribution is -2.48. The highest BCUT2D eigenvalue weighted by Gasteiger charge is 2.24. The molecule has 2 N–H and O–H groups in total. The quantitative estimate of drug-likeness (QED) is 0.847. The maximum atomic E-state index is 11.7. The van der Waals surface area contributed by atoms with Crippen molar-refractivity contribution in [2.24, 2.45) is 0 Å². The van der Waals surface area contributed by atoms with E-state index in [9.17, 15) is 9.90 Å². The molecule has 2 atom stereocenters. The van der Waals surface area contributed by atoms with Crippen LogP contribution in [0, 0.1) is 0 Å². The largest absolute Gasteiger partial charge is 0.488 e. The predicted molar refractivity (Wildman–Crippen MR) is 84.5 cm³/mol. The second-order valence-electron chi connectivity index (χ2n) is 5.72. The summed E-state index contributed by atoms with van der Waals surface area (Å²) in [5.74, 6) is 0.654. The molecule has 0 unspecified atom stereocenters. The van der Waals surface area contributed by atoms with Crippen molar-refractivity contribution in [2.75, 3.05) is 6.61 Å². The number of nitrogens with one attached hydrogen (secondary N) is 1. The van der Waals surface area contributed by atoms with Gasteiger partial charge in [-0.05, 0) is 45.9 Å². The summed E-state index contributed by atoms with van der Waals surface area (Å²) in [4.78, 5) is 11.7. The molecular weight excluding hydrogens is 338 g/mol. The Morgan fingerprint density at radius 3 is 2.62 bits per heavy atom. The van der Waals surface area contributed by atoms with Crippen LogP contribution >= 0.6 is 15.9 Å². The van der Waals surface area contributed by atoms with Crippen LogP contribution in [-0.2, 0) is 4.74 Å². The van der Waals surface area contributed by atoms with Gasteiger partial charge in [-0.1, -0.05) is 22.0 Å². The van der Waals surface area contributed by atoms with Gasteiger partial charge in [0.2, 0.25) is 0 Å². The average molecular weight is 360 g/mol. The molecule has 0 heterocycles. The molecule has 0 fully saturated rings. The Kier molecular flexibility index (Phi) is 6.48. The Bertz CT molecular complexity index is 473. The molecule has 0 aromatic heterocycles. The molecule has 1 amide bonds. The molecule has 118 valence electrons. The summed E-state index contributed by atoms with van der Waals surface area (Å²) in [6, 6.07) is 6.81. The minimum Gasteiger partial charge on any atom is -0.488 e. The Balaban J connectivity index is 2.61. The van der Waals surface area contributed by atoms with E-state index in [0.29, 0.717) is 5.75 Å². The molecule has 5 nitrogen and oxygen atoms in total. The number of hydrogen-bond acceptors (Lipinski definition) is 4. The first-order valence-electron chi connectivity index (χ1n) is 6.74. The van der Waals surface area contributed by atoms with E-state index in [1.165, 1.54) is 0 Å². The Morgan fingerprint density at radius 1 is 1.43 bits per heavy atom. The van der Waals surface area contributed by atoms with Crippen molar-refractivity contribution < 1.29 is 19.4 Å². The first kappa shape index (κ1) is 17.8. The Hall–Kier alpha value is -1.27. The fourth-order valence-electron chi connectivity index (χ4n) is 1.61. The molecule has 0 bridgehead atoms. The average Bonchev–Trinajstić information content (AvgIpc) is 2.33. The van der Waals surface area contributed by atoms with Gasteiger partial charge < -0.3 is 19.9 Å². The summed E-state index contributed by atoms with van der Waals surface area (Å²) in [6.07, 6.45) is -0.983. The van der Waals surface area contributed by atoms with Gasteiger partial charge in [0, 0.05) is 4.47 Å². The number of carbonyl (C=O) groups excluding carboxylic acids is 1. The van der Waals surface area contributed by atoms with E-state index in [1.807, 2.05) is 24.3 Å². The van der Waals surface area contributed by atoms with Crippen LogP contribution in [0.5, 0.6) is 5.75 Å². The molecule has 0 aliphatic rings. The second-order valence-corrected chi connectivity index (χ2v) is 6.63. The van der Waals surface area contributed by atoms with E-state index < -0.39 is 23.8 Å². The van der Waals surface area contributed by atoms with Crippen molar-refractivity contribution >= 4 is 22.0 Å². The lowest BCUT2D eigenvalue weighted by molar-refractivity contribution is 0.0404. The molecule has 1 aromatic rings. The summed E-state index contributed by atoms with van der Waals surface area (Å²) in [6.45, 7) is 6.87. The monoisotopic (exact) mass is 359 g/mol. The Morgan fingerprint density at radius 2 is 2.10 bits per heavy atom. The zero-order valence-corrected chi connectivity index (χ0v) is 14.3. The lowest BCUT2D eigenvalue weighted by Gasteiger charge is -2.26. The van der Waals surface area contributed by atoms with Gasteiger partial charge in [0.1, 0.15) is 17.5 Å². The van der Waals surface area contributed by atoms with Crippen molar-refractivity contribution in [3.8, 4) is 5.75 Å². The van der Waals surface area contributed by atoms with Crippen LogP contribution in [-0.4, -0.2) is 35.6 Å². The maximum Gasteiger partial charge on any atom is 0.408 e. The van der Waals surface area contributed by atoms with Crippen molar-refractivity contribution in [1.29, 1.82) is 0 Å². The van der Waals surface area contributed by atoms with E-state index in [4.69, 9.17) is 9.47 Å². The smallest absolute Gasteiger partial charge is 0.408 e. The summed E-state index contributed by atoms with van der Waals surface area (Å²) in [7, 11) is 0. The van der Waals surface area contributed by atoms with Crippen LogP contribution in [0.4, 0.5) is 4.79 Å². The fraction of sp³-hybridized carbons (Fsp3) is 0.533.